The van der Waals surface area contributed by atoms with E-state index in [1.807, 2.05) is 6.92 Å². The molecule has 3 nitrogen and oxygen atoms in total. The second-order valence-corrected chi connectivity index (χ2v) is 2.88. The van der Waals surface area contributed by atoms with E-state index in [0.29, 0.717) is 6.42 Å². The van der Waals surface area contributed by atoms with E-state index in [-0.39, 0.29) is 12.2 Å². The zero-order valence-corrected chi connectivity index (χ0v) is 6.79. The Morgan fingerprint density at radius 3 is 2.75 bits per heavy atom. The molecule has 1 aliphatic heterocycles. The van der Waals surface area contributed by atoms with Crippen LogP contribution >= 0.6 is 0 Å². The van der Waals surface area contributed by atoms with Gasteiger partial charge < -0.3 is 9.84 Å². The Balaban J connectivity index is 2.50. The average molecular weight is 174 g/mol. The van der Waals surface area contributed by atoms with Crippen LogP contribution in [0.2, 0.25) is 0 Å². The van der Waals surface area contributed by atoms with Gasteiger partial charge in [0.1, 0.15) is 0 Å². The Kier molecular flexibility index (Phi) is 2.81. The lowest BCUT2D eigenvalue weighted by Gasteiger charge is -2.04. The summed E-state index contributed by atoms with van der Waals surface area (Å²) in [4.78, 5) is 10.1. The van der Waals surface area contributed by atoms with Crippen LogP contribution in [0.3, 0.4) is 0 Å². The summed E-state index contributed by atoms with van der Waals surface area (Å²) in [6.07, 6.45) is 2.31. The molecule has 68 valence electrons. The van der Waals surface area contributed by atoms with Gasteiger partial charge >= 0.3 is 5.97 Å². The fraction of sp³-hybridized carbons (Fsp3) is 0.625. The van der Waals surface area contributed by atoms with Crippen LogP contribution in [0.25, 0.3) is 0 Å². The Hall–Kier alpha value is -0.900. The summed E-state index contributed by atoms with van der Waals surface area (Å²) in [6.45, 7) is 1.88. The zero-order chi connectivity index (χ0) is 9.14. The van der Waals surface area contributed by atoms with E-state index in [4.69, 9.17) is 9.84 Å². The first kappa shape index (κ1) is 9.19. The van der Waals surface area contributed by atoms with Gasteiger partial charge in [-0.3, -0.25) is 0 Å². The van der Waals surface area contributed by atoms with Crippen molar-refractivity contribution in [2.45, 2.75) is 32.0 Å². The Morgan fingerprint density at radius 1 is 1.67 bits per heavy atom. The second-order valence-electron chi connectivity index (χ2n) is 2.88. The number of hydrogen-bond donors (Lipinski definition) is 1. The third-order valence-corrected chi connectivity index (χ3v) is 1.80. The molecule has 2 atom stereocenters. The summed E-state index contributed by atoms with van der Waals surface area (Å²) < 4.78 is 17.7. The molecule has 0 aliphatic carbocycles. The number of rotatable bonds is 2. The highest BCUT2D eigenvalue weighted by Crippen LogP contribution is 2.21. The van der Waals surface area contributed by atoms with E-state index >= 15 is 0 Å². The van der Waals surface area contributed by atoms with E-state index < -0.39 is 11.8 Å². The third kappa shape index (κ3) is 2.30. The third-order valence-electron chi connectivity index (χ3n) is 1.80. The molecular weight excluding hydrogens is 163 g/mol. The highest BCUT2D eigenvalue weighted by atomic mass is 19.1. The number of aliphatic carboxylic acids is 1. The number of hydrogen-bond acceptors (Lipinski definition) is 2. The molecule has 1 aliphatic rings. The van der Waals surface area contributed by atoms with Crippen LogP contribution in [0.1, 0.15) is 19.8 Å². The zero-order valence-electron chi connectivity index (χ0n) is 6.79. The van der Waals surface area contributed by atoms with Gasteiger partial charge in [-0.1, -0.05) is 0 Å². The Labute approximate surface area is 69.8 Å². The predicted octanol–water partition coefficient (Wildman–Crippen LogP) is 1.49. The number of ether oxygens (including phenoxy) is 1. The molecule has 0 aromatic heterocycles. The smallest absolute Gasteiger partial charge is 0.364 e. The topological polar surface area (TPSA) is 46.5 Å². The highest BCUT2D eigenvalue weighted by molar-refractivity contribution is 5.83. The van der Waals surface area contributed by atoms with E-state index in [0.717, 1.165) is 12.5 Å². The molecule has 0 saturated carbocycles. The SMILES string of the molecule is CC1CCC(/C=C(/F)C(=O)O)O1. The molecule has 0 aromatic carbocycles. The van der Waals surface area contributed by atoms with Crippen molar-refractivity contribution in [3.8, 4) is 0 Å². The molecular formula is C8H11FO3. The van der Waals surface area contributed by atoms with Gasteiger partial charge in [-0.25, -0.2) is 4.79 Å². The minimum atomic E-state index is -1.53. The van der Waals surface area contributed by atoms with Crippen molar-refractivity contribution in [3.05, 3.63) is 11.9 Å². The van der Waals surface area contributed by atoms with Crippen LogP contribution in [0, 0.1) is 0 Å². The molecule has 1 heterocycles. The predicted molar refractivity (Wildman–Crippen MR) is 40.4 cm³/mol. The van der Waals surface area contributed by atoms with Gasteiger partial charge in [0.2, 0.25) is 5.83 Å². The van der Waals surface area contributed by atoms with Crippen LogP contribution in [0.4, 0.5) is 4.39 Å². The van der Waals surface area contributed by atoms with Gasteiger partial charge in [-0.05, 0) is 25.8 Å². The molecule has 1 fully saturated rings. The summed E-state index contributed by atoms with van der Waals surface area (Å²) in [5.41, 5.74) is 0. The molecule has 1 saturated heterocycles. The number of carboxylic acids is 1. The van der Waals surface area contributed by atoms with E-state index in [1.165, 1.54) is 0 Å². The lowest BCUT2D eigenvalue weighted by Crippen LogP contribution is -2.07. The van der Waals surface area contributed by atoms with Gasteiger partial charge in [-0.15, -0.1) is 0 Å². The normalized spacial score (nSPS) is 30.7. The summed E-state index contributed by atoms with van der Waals surface area (Å²) in [6, 6.07) is 0. The minimum Gasteiger partial charge on any atom is -0.476 e. The van der Waals surface area contributed by atoms with Crippen molar-refractivity contribution in [3.63, 3.8) is 0 Å². The summed E-state index contributed by atoms with van der Waals surface area (Å²) in [5, 5.41) is 8.21. The Morgan fingerprint density at radius 2 is 2.33 bits per heavy atom. The van der Waals surface area contributed by atoms with Gasteiger partial charge in [0.15, 0.2) is 0 Å². The molecule has 2 unspecified atom stereocenters. The first-order valence-electron chi connectivity index (χ1n) is 3.85. The molecule has 0 aromatic rings. The number of carbonyl (C=O) groups is 1. The van der Waals surface area contributed by atoms with Crippen molar-refractivity contribution in [1.82, 2.24) is 0 Å². The maximum atomic E-state index is 12.5. The summed E-state index contributed by atoms with van der Waals surface area (Å²) in [5.74, 6) is -2.66. The standard InChI is InChI=1S/C8H11FO3/c1-5-2-3-6(12-5)4-7(9)8(10)11/h4-6H,2-3H2,1H3,(H,10,11)/b7-4+. The van der Waals surface area contributed by atoms with E-state index in [2.05, 4.69) is 0 Å². The molecule has 0 amide bonds. The van der Waals surface area contributed by atoms with Crippen LogP contribution in [0.15, 0.2) is 11.9 Å². The molecule has 1 rings (SSSR count). The lowest BCUT2D eigenvalue weighted by atomic mass is 10.2. The van der Waals surface area contributed by atoms with Crippen molar-refractivity contribution in [1.29, 1.82) is 0 Å². The van der Waals surface area contributed by atoms with E-state index in [1.54, 1.807) is 0 Å². The molecule has 0 radical (unpaired) electrons. The number of halogens is 1. The van der Waals surface area contributed by atoms with Gasteiger partial charge in [0.25, 0.3) is 0 Å². The van der Waals surface area contributed by atoms with Crippen LogP contribution < -0.4 is 0 Å². The maximum absolute atomic E-state index is 12.5. The van der Waals surface area contributed by atoms with Crippen LogP contribution in [-0.4, -0.2) is 23.3 Å². The largest absolute Gasteiger partial charge is 0.476 e. The second kappa shape index (κ2) is 3.67. The van der Waals surface area contributed by atoms with Crippen LogP contribution in [0.5, 0.6) is 0 Å². The van der Waals surface area contributed by atoms with Gasteiger partial charge in [0.05, 0.1) is 12.2 Å². The monoisotopic (exact) mass is 174 g/mol. The van der Waals surface area contributed by atoms with Gasteiger partial charge in [0, 0.05) is 0 Å². The van der Waals surface area contributed by atoms with Crippen molar-refractivity contribution in [2.75, 3.05) is 0 Å². The van der Waals surface area contributed by atoms with Gasteiger partial charge in [-0.2, -0.15) is 4.39 Å². The molecule has 4 heteroatoms. The van der Waals surface area contributed by atoms with Crippen molar-refractivity contribution in [2.24, 2.45) is 0 Å². The summed E-state index contributed by atoms with van der Waals surface area (Å²) in [7, 11) is 0. The van der Waals surface area contributed by atoms with Crippen molar-refractivity contribution < 1.29 is 19.0 Å². The maximum Gasteiger partial charge on any atom is 0.364 e. The fourth-order valence-corrected chi connectivity index (χ4v) is 1.19. The first-order chi connectivity index (χ1) is 5.59. The van der Waals surface area contributed by atoms with Crippen molar-refractivity contribution >= 4 is 5.97 Å². The quantitative estimate of drug-likeness (QED) is 0.645. The lowest BCUT2D eigenvalue weighted by molar-refractivity contribution is -0.134. The molecule has 0 bridgehead atoms. The minimum absolute atomic E-state index is 0.104. The molecule has 12 heavy (non-hydrogen) atoms. The number of carboxylic acid groups (broad SMARTS) is 1. The molecule has 1 N–H and O–H groups in total. The van der Waals surface area contributed by atoms with Crippen LogP contribution in [-0.2, 0) is 9.53 Å². The summed E-state index contributed by atoms with van der Waals surface area (Å²) >= 11 is 0. The Bertz CT molecular complexity index is 212. The molecule has 0 spiro atoms. The fourth-order valence-electron chi connectivity index (χ4n) is 1.19. The van der Waals surface area contributed by atoms with E-state index in [9.17, 15) is 9.18 Å². The highest BCUT2D eigenvalue weighted by Gasteiger charge is 2.21. The average Bonchev–Trinajstić information content (AvgIpc) is 2.35. The first-order valence-corrected chi connectivity index (χ1v) is 3.85.